The Morgan fingerprint density at radius 3 is 2.39 bits per heavy atom. The van der Waals surface area contributed by atoms with E-state index in [9.17, 15) is 14.4 Å². The summed E-state index contributed by atoms with van der Waals surface area (Å²) in [6.45, 7) is 5.78. The monoisotopic (exact) mass is 350 g/mol. The van der Waals surface area contributed by atoms with E-state index in [1.54, 1.807) is 7.11 Å². The Bertz CT molecular complexity index is 416. The van der Waals surface area contributed by atoms with Gasteiger partial charge < -0.3 is 20.7 Å². The number of hydrogen-bond donors (Lipinski definition) is 3. The summed E-state index contributed by atoms with van der Waals surface area (Å²) >= 11 is 0. The maximum absolute atomic E-state index is 12.3. The summed E-state index contributed by atoms with van der Waals surface area (Å²) in [6.07, 6.45) is 1.02. The molecule has 0 saturated carbocycles. The van der Waals surface area contributed by atoms with Crippen molar-refractivity contribution in [3.63, 3.8) is 0 Å². The van der Waals surface area contributed by atoms with Crippen molar-refractivity contribution < 1.29 is 19.1 Å². The van der Waals surface area contributed by atoms with E-state index in [2.05, 4.69) is 16.0 Å². The normalized spacial score (nSPS) is 16.0. The second kappa shape index (κ2) is 10.4. The maximum atomic E-state index is 12.3. The predicted octanol–water partition coefficient (Wildman–Crippen LogP) is -0.129. The summed E-state index contributed by atoms with van der Waals surface area (Å²) in [6, 6.07) is -0.498. The van der Waals surface area contributed by atoms with Crippen LogP contribution in [0.15, 0.2) is 0 Å². The van der Waals surface area contributed by atoms with Gasteiger partial charge >= 0.3 is 6.03 Å². The first-order valence-electron chi connectivity index (χ1n) is 7.61. The number of amides is 4. The second-order valence-electron chi connectivity index (χ2n) is 5.20. The van der Waals surface area contributed by atoms with Crippen molar-refractivity contribution in [3.05, 3.63) is 0 Å². The number of nitrogens with one attached hydrogen (secondary N) is 3. The Balaban J connectivity index is 0.00000484. The molecule has 1 aliphatic heterocycles. The zero-order valence-corrected chi connectivity index (χ0v) is 14.8. The number of hydrogen-bond acceptors (Lipinski definition) is 5. The Morgan fingerprint density at radius 1 is 1.22 bits per heavy atom. The molecule has 0 aliphatic carbocycles. The summed E-state index contributed by atoms with van der Waals surface area (Å²) in [7, 11) is 1.62. The van der Waals surface area contributed by atoms with Gasteiger partial charge in [0.15, 0.2) is 0 Å². The van der Waals surface area contributed by atoms with Crippen LogP contribution in [-0.4, -0.2) is 68.2 Å². The molecule has 1 saturated heterocycles. The van der Waals surface area contributed by atoms with E-state index in [1.807, 2.05) is 13.8 Å². The lowest BCUT2D eigenvalue weighted by atomic mass is 9.93. The van der Waals surface area contributed by atoms with Crippen molar-refractivity contribution in [1.29, 1.82) is 0 Å². The maximum Gasteiger partial charge on any atom is 0.325 e. The average molecular weight is 351 g/mol. The van der Waals surface area contributed by atoms with Crippen molar-refractivity contribution in [3.8, 4) is 0 Å². The quantitative estimate of drug-likeness (QED) is 0.376. The first-order chi connectivity index (χ1) is 10.5. The first-order valence-corrected chi connectivity index (χ1v) is 7.61. The molecule has 0 atom stereocenters. The number of methoxy groups -OCH3 is 1. The standard InChI is InChI=1S/C14H26N4O4.ClH/c1-4-14(5-2)12(20)18(13(21)17-14)10-11(19)16-7-6-15-8-9-22-3;/h15H,4-10H2,1-3H3,(H,16,19)(H,17,21);1H. The van der Waals surface area contributed by atoms with Gasteiger partial charge in [-0.3, -0.25) is 14.5 Å². The number of urea groups is 1. The van der Waals surface area contributed by atoms with Gasteiger partial charge in [0.25, 0.3) is 5.91 Å². The number of carbonyl (C=O) groups excluding carboxylic acids is 3. The molecule has 9 heteroatoms. The molecule has 1 aliphatic rings. The summed E-state index contributed by atoms with van der Waals surface area (Å²) in [5, 5.41) is 8.45. The minimum atomic E-state index is -0.862. The second-order valence-corrected chi connectivity index (χ2v) is 5.20. The Labute approximate surface area is 143 Å². The van der Waals surface area contributed by atoms with Crippen LogP contribution >= 0.6 is 12.4 Å². The molecule has 134 valence electrons. The van der Waals surface area contributed by atoms with Gasteiger partial charge in [-0.15, -0.1) is 12.4 Å². The van der Waals surface area contributed by atoms with Crippen LogP contribution in [0.4, 0.5) is 4.79 Å². The number of ether oxygens (including phenoxy) is 1. The van der Waals surface area contributed by atoms with Crippen LogP contribution < -0.4 is 16.0 Å². The molecule has 0 radical (unpaired) electrons. The fourth-order valence-electron chi connectivity index (χ4n) is 2.34. The Kier molecular flexibility index (Phi) is 9.78. The van der Waals surface area contributed by atoms with Crippen LogP contribution in [0, 0.1) is 0 Å². The van der Waals surface area contributed by atoms with Crippen molar-refractivity contribution in [2.24, 2.45) is 0 Å². The molecule has 23 heavy (non-hydrogen) atoms. The highest BCUT2D eigenvalue weighted by Crippen LogP contribution is 2.24. The third-order valence-corrected chi connectivity index (χ3v) is 3.86. The number of rotatable bonds is 10. The van der Waals surface area contributed by atoms with Gasteiger partial charge in [0.2, 0.25) is 5.91 Å². The third-order valence-electron chi connectivity index (χ3n) is 3.86. The number of imide groups is 1. The van der Waals surface area contributed by atoms with E-state index < -0.39 is 11.6 Å². The summed E-state index contributed by atoms with van der Waals surface area (Å²) < 4.78 is 4.88. The molecule has 1 rings (SSSR count). The molecule has 0 bridgehead atoms. The number of halogens is 1. The summed E-state index contributed by atoms with van der Waals surface area (Å²) in [5.74, 6) is -0.670. The molecule has 8 nitrogen and oxygen atoms in total. The van der Waals surface area contributed by atoms with Crippen molar-refractivity contribution in [2.75, 3.05) is 39.9 Å². The van der Waals surface area contributed by atoms with E-state index in [0.717, 1.165) is 4.90 Å². The summed E-state index contributed by atoms with van der Waals surface area (Å²) in [4.78, 5) is 37.0. The Hall–Kier alpha value is -1.38. The molecular formula is C14H27ClN4O4. The van der Waals surface area contributed by atoms with Gasteiger partial charge in [-0.25, -0.2) is 4.79 Å². The lowest BCUT2D eigenvalue weighted by molar-refractivity contribution is -0.135. The highest BCUT2D eigenvalue weighted by molar-refractivity contribution is 6.08. The smallest absolute Gasteiger partial charge is 0.325 e. The van der Waals surface area contributed by atoms with Gasteiger partial charge in [-0.05, 0) is 12.8 Å². The van der Waals surface area contributed by atoms with Crippen LogP contribution in [0.3, 0.4) is 0 Å². The van der Waals surface area contributed by atoms with Gasteiger partial charge in [-0.1, -0.05) is 13.8 Å². The minimum absolute atomic E-state index is 0. The molecule has 0 spiro atoms. The predicted molar refractivity (Wildman–Crippen MR) is 88.6 cm³/mol. The third kappa shape index (κ3) is 5.63. The van der Waals surface area contributed by atoms with Gasteiger partial charge in [-0.2, -0.15) is 0 Å². The largest absolute Gasteiger partial charge is 0.383 e. The molecule has 0 aromatic carbocycles. The lowest BCUT2D eigenvalue weighted by Gasteiger charge is -2.23. The van der Waals surface area contributed by atoms with E-state index in [0.29, 0.717) is 39.1 Å². The first kappa shape index (κ1) is 21.6. The van der Waals surface area contributed by atoms with Crippen LogP contribution in [-0.2, 0) is 14.3 Å². The van der Waals surface area contributed by atoms with Crippen LogP contribution in [0.25, 0.3) is 0 Å². The lowest BCUT2D eigenvalue weighted by Crippen LogP contribution is -2.47. The topological polar surface area (TPSA) is 99.8 Å². The van der Waals surface area contributed by atoms with Gasteiger partial charge in [0, 0.05) is 26.7 Å². The minimum Gasteiger partial charge on any atom is -0.383 e. The van der Waals surface area contributed by atoms with E-state index in [-0.39, 0.29) is 30.8 Å². The summed E-state index contributed by atoms with van der Waals surface area (Å²) in [5.41, 5.74) is -0.862. The average Bonchev–Trinajstić information content (AvgIpc) is 2.75. The zero-order chi connectivity index (χ0) is 16.6. The Morgan fingerprint density at radius 2 is 1.87 bits per heavy atom. The van der Waals surface area contributed by atoms with E-state index in [1.165, 1.54) is 0 Å². The SMILES string of the molecule is CCC1(CC)NC(=O)N(CC(=O)NCCNCCOC)C1=O.Cl. The number of nitrogens with zero attached hydrogens (tertiary/aromatic N) is 1. The molecule has 0 aromatic heterocycles. The van der Waals surface area contributed by atoms with Gasteiger partial charge in [0.1, 0.15) is 12.1 Å². The van der Waals surface area contributed by atoms with Crippen molar-refractivity contribution >= 4 is 30.3 Å². The molecule has 0 unspecified atom stereocenters. The molecule has 1 heterocycles. The van der Waals surface area contributed by atoms with Gasteiger partial charge in [0.05, 0.1) is 6.61 Å². The molecular weight excluding hydrogens is 324 g/mol. The van der Waals surface area contributed by atoms with Crippen LogP contribution in [0.1, 0.15) is 26.7 Å². The fourth-order valence-corrected chi connectivity index (χ4v) is 2.34. The van der Waals surface area contributed by atoms with Crippen LogP contribution in [0.2, 0.25) is 0 Å². The molecule has 3 N–H and O–H groups in total. The highest BCUT2D eigenvalue weighted by atomic mass is 35.5. The zero-order valence-electron chi connectivity index (χ0n) is 13.9. The number of carbonyl (C=O) groups is 3. The highest BCUT2D eigenvalue weighted by Gasteiger charge is 2.49. The molecule has 0 aromatic rings. The van der Waals surface area contributed by atoms with E-state index in [4.69, 9.17) is 4.74 Å². The van der Waals surface area contributed by atoms with Crippen molar-refractivity contribution in [1.82, 2.24) is 20.9 Å². The van der Waals surface area contributed by atoms with Crippen molar-refractivity contribution in [2.45, 2.75) is 32.2 Å². The van der Waals surface area contributed by atoms with E-state index >= 15 is 0 Å². The molecule has 4 amide bonds. The van der Waals surface area contributed by atoms with Crippen LogP contribution in [0.5, 0.6) is 0 Å². The molecule has 1 fully saturated rings. The fraction of sp³-hybridized carbons (Fsp3) is 0.786.